The summed E-state index contributed by atoms with van der Waals surface area (Å²) in [5.41, 5.74) is 1.31. The molecule has 1 heterocycles. The van der Waals surface area contributed by atoms with Crippen molar-refractivity contribution in [1.29, 1.82) is 0 Å². The molecule has 2 aromatic carbocycles. The van der Waals surface area contributed by atoms with Crippen molar-refractivity contribution in [2.75, 3.05) is 19.6 Å². The summed E-state index contributed by atoms with van der Waals surface area (Å²) in [4.78, 5) is 16.4. The van der Waals surface area contributed by atoms with Gasteiger partial charge in [-0.25, -0.2) is 13.6 Å². The van der Waals surface area contributed by atoms with Gasteiger partial charge in [0.2, 0.25) is 0 Å². The van der Waals surface area contributed by atoms with E-state index in [2.05, 4.69) is 11.8 Å². The maximum atomic E-state index is 13.5. The lowest BCUT2D eigenvalue weighted by Crippen LogP contribution is -2.55. The van der Waals surface area contributed by atoms with E-state index in [1.807, 2.05) is 20.8 Å². The molecule has 1 atom stereocenters. The summed E-state index contributed by atoms with van der Waals surface area (Å²) in [6, 6.07) is 12.7. The molecule has 1 aliphatic rings. The van der Waals surface area contributed by atoms with Crippen LogP contribution in [0.5, 0.6) is 0 Å². The predicted octanol–water partition coefficient (Wildman–Crippen LogP) is 5.00. The van der Waals surface area contributed by atoms with Crippen molar-refractivity contribution in [3.8, 4) is 0 Å². The highest BCUT2D eigenvalue weighted by Crippen LogP contribution is 2.32. The largest absolute Gasteiger partial charge is 0.444 e. The van der Waals surface area contributed by atoms with Crippen LogP contribution in [0.1, 0.15) is 44.9 Å². The van der Waals surface area contributed by atoms with E-state index in [1.165, 1.54) is 24.3 Å². The number of piperazine rings is 1. The summed E-state index contributed by atoms with van der Waals surface area (Å²) >= 11 is 0. The minimum absolute atomic E-state index is 0.0383. The van der Waals surface area contributed by atoms with Crippen molar-refractivity contribution in [2.45, 2.75) is 45.4 Å². The van der Waals surface area contributed by atoms with E-state index in [-0.39, 0.29) is 29.8 Å². The van der Waals surface area contributed by atoms with Crippen LogP contribution in [0.15, 0.2) is 48.5 Å². The first kappa shape index (κ1) is 21.2. The number of hydrogen-bond donors (Lipinski definition) is 0. The first-order valence-corrected chi connectivity index (χ1v) is 9.88. The molecule has 1 saturated heterocycles. The van der Waals surface area contributed by atoms with E-state index >= 15 is 0 Å². The van der Waals surface area contributed by atoms with Crippen LogP contribution in [0, 0.1) is 11.6 Å². The van der Waals surface area contributed by atoms with Gasteiger partial charge < -0.3 is 9.64 Å². The number of carbonyl (C=O) groups excluding carboxylic acids is 1. The van der Waals surface area contributed by atoms with Crippen LogP contribution in [0.2, 0.25) is 0 Å². The number of halogens is 2. The van der Waals surface area contributed by atoms with Gasteiger partial charge in [0, 0.05) is 25.7 Å². The molecule has 0 spiro atoms. The predicted molar refractivity (Wildman–Crippen MR) is 109 cm³/mol. The van der Waals surface area contributed by atoms with Gasteiger partial charge in [-0.15, -0.1) is 0 Å². The highest BCUT2D eigenvalue weighted by atomic mass is 19.1. The average Bonchev–Trinajstić information content (AvgIpc) is 2.64. The summed E-state index contributed by atoms with van der Waals surface area (Å²) < 4.78 is 32.5. The number of nitrogens with zero attached hydrogens (tertiary/aromatic N) is 2. The molecule has 6 heteroatoms. The molecule has 2 aromatic rings. The number of hydrogen-bond acceptors (Lipinski definition) is 3. The standard InChI is InChI=1S/C23H28F2N2O2/c1-16-15-26(22(28)29-23(2,3)4)13-14-27(16)21(17-5-9-19(24)10-6-17)18-7-11-20(25)12-8-18/h5-12,16,21H,13-15H2,1-4H3/t16-/m0/s1. The summed E-state index contributed by atoms with van der Waals surface area (Å²) in [5, 5.41) is 0. The van der Waals surface area contributed by atoms with Crippen LogP contribution in [0.3, 0.4) is 0 Å². The molecule has 0 aliphatic carbocycles. The molecule has 3 rings (SSSR count). The zero-order valence-electron chi connectivity index (χ0n) is 17.4. The number of rotatable bonds is 3. The Balaban J connectivity index is 1.84. The van der Waals surface area contributed by atoms with Crippen molar-refractivity contribution in [3.63, 3.8) is 0 Å². The van der Waals surface area contributed by atoms with Gasteiger partial charge in [-0.05, 0) is 63.1 Å². The molecule has 1 fully saturated rings. The van der Waals surface area contributed by atoms with E-state index in [0.717, 1.165) is 11.1 Å². The Hall–Kier alpha value is -2.47. The fraction of sp³-hybridized carbons (Fsp3) is 0.435. The summed E-state index contributed by atoms with van der Waals surface area (Å²) in [5.74, 6) is -0.594. The van der Waals surface area contributed by atoms with Gasteiger partial charge >= 0.3 is 6.09 Å². The van der Waals surface area contributed by atoms with Crippen molar-refractivity contribution in [2.24, 2.45) is 0 Å². The maximum Gasteiger partial charge on any atom is 0.410 e. The molecule has 29 heavy (non-hydrogen) atoms. The van der Waals surface area contributed by atoms with E-state index in [0.29, 0.717) is 19.6 Å². The molecular weight excluding hydrogens is 374 g/mol. The topological polar surface area (TPSA) is 32.8 Å². The summed E-state index contributed by atoms with van der Waals surface area (Å²) in [6.45, 7) is 9.28. The molecule has 1 aliphatic heterocycles. The van der Waals surface area contributed by atoms with E-state index in [4.69, 9.17) is 4.74 Å². The Morgan fingerprint density at radius 3 is 1.86 bits per heavy atom. The van der Waals surface area contributed by atoms with Crippen molar-refractivity contribution >= 4 is 6.09 Å². The molecule has 1 amide bonds. The van der Waals surface area contributed by atoms with Crippen LogP contribution in [0.4, 0.5) is 13.6 Å². The minimum Gasteiger partial charge on any atom is -0.444 e. The lowest BCUT2D eigenvalue weighted by Gasteiger charge is -2.44. The number of benzene rings is 2. The third-order valence-corrected chi connectivity index (χ3v) is 5.03. The van der Waals surface area contributed by atoms with Crippen molar-refractivity contribution in [1.82, 2.24) is 9.80 Å². The van der Waals surface area contributed by atoms with Gasteiger partial charge in [-0.3, -0.25) is 4.90 Å². The quantitative estimate of drug-likeness (QED) is 0.725. The van der Waals surface area contributed by atoms with Gasteiger partial charge in [0.05, 0.1) is 6.04 Å². The molecule has 0 radical (unpaired) electrons. The fourth-order valence-electron chi connectivity index (χ4n) is 3.71. The second kappa shape index (κ2) is 8.49. The summed E-state index contributed by atoms with van der Waals surface area (Å²) in [6.07, 6.45) is -0.316. The van der Waals surface area contributed by atoms with Gasteiger partial charge in [0.15, 0.2) is 0 Å². The second-order valence-corrected chi connectivity index (χ2v) is 8.52. The first-order chi connectivity index (χ1) is 13.6. The SMILES string of the molecule is C[C@H]1CN(C(=O)OC(C)(C)C)CCN1C(c1ccc(F)cc1)c1ccc(F)cc1. The van der Waals surface area contributed by atoms with Gasteiger partial charge in [0.25, 0.3) is 0 Å². The highest BCUT2D eigenvalue weighted by molar-refractivity contribution is 5.68. The summed E-state index contributed by atoms with van der Waals surface area (Å²) in [7, 11) is 0. The molecular formula is C23H28F2N2O2. The van der Waals surface area contributed by atoms with Gasteiger partial charge in [0.1, 0.15) is 17.2 Å². The number of carbonyl (C=O) groups is 1. The van der Waals surface area contributed by atoms with E-state index < -0.39 is 5.60 Å². The molecule has 156 valence electrons. The van der Waals surface area contributed by atoms with Crippen LogP contribution in [0.25, 0.3) is 0 Å². The van der Waals surface area contributed by atoms with Crippen LogP contribution in [-0.2, 0) is 4.74 Å². The minimum atomic E-state index is -0.539. The normalized spacial score (nSPS) is 18.2. The number of amides is 1. The van der Waals surface area contributed by atoms with Gasteiger partial charge in [-0.2, -0.15) is 0 Å². The Morgan fingerprint density at radius 2 is 1.45 bits per heavy atom. The molecule has 0 unspecified atom stereocenters. The Kier molecular flexibility index (Phi) is 6.22. The maximum absolute atomic E-state index is 13.5. The molecule has 4 nitrogen and oxygen atoms in total. The van der Waals surface area contributed by atoms with Crippen LogP contribution in [-0.4, -0.2) is 47.2 Å². The lowest BCUT2D eigenvalue weighted by molar-refractivity contribution is 0.000950. The smallest absolute Gasteiger partial charge is 0.410 e. The monoisotopic (exact) mass is 402 g/mol. The third kappa shape index (κ3) is 5.32. The highest BCUT2D eigenvalue weighted by Gasteiger charge is 2.34. The molecule has 0 bridgehead atoms. The molecule has 0 aromatic heterocycles. The zero-order valence-corrected chi connectivity index (χ0v) is 17.4. The molecule has 0 N–H and O–H groups in total. The second-order valence-electron chi connectivity index (χ2n) is 8.52. The van der Waals surface area contributed by atoms with Crippen LogP contribution < -0.4 is 0 Å². The first-order valence-electron chi connectivity index (χ1n) is 9.88. The molecule has 0 saturated carbocycles. The third-order valence-electron chi connectivity index (χ3n) is 5.03. The van der Waals surface area contributed by atoms with Crippen molar-refractivity contribution < 1.29 is 18.3 Å². The fourth-order valence-corrected chi connectivity index (χ4v) is 3.71. The zero-order chi connectivity index (χ0) is 21.2. The Labute approximate surface area is 171 Å². The van der Waals surface area contributed by atoms with Gasteiger partial charge in [-0.1, -0.05) is 24.3 Å². The number of ether oxygens (including phenoxy) is 1. The lowest BCUT2D eigenvalue weighted by atomic mass is 9.94. The Morgan fingerprint density at radius 1 is 0.966 bits per heavy atom. The van der Waals surface area contributed by atoms with E-state index in [9.17, 15) is 13.6 Å². The van der Waals surface area contributed by atoms with Crippen molar-refractivity contribution in [3.05, 3.63) is 71.3 Å². The Bertz CT molecular complexity index is 786. The van der Waals surface area contributed by atoms with E-state index in [1.54, 1.807) is 29.2 Å². The average molecular weight is 402 g/mol. The van der Waals surface area contributed by atoms with Crippen LogP contribution >= 0.6 is 0 Å².